The second kappa shape index (κ2) is 7.29. The van der Waals surface area contributed by atoms with E-state index in [1.54, 1.807) is 24.3 Å². The van der Waals surface area contributed by atoms with E-state index >= 15 is 0 Å². The van der Waals surface area contributed by atoms with Gasteiger partial charge < -0.3 is 17.2 Å². The van der Waals surface area contributed by atoms with E-state index in [4.69, 9.17) is 33.4 Å². The topological polar surface area (TPSA) is 150 Å². The molecule has 2 aromatic carbocycles. The third-order valence-electron chi connectivity index (χ3n) is 4.46. The second-order valence-corrected chi connectivity index (χ2v) is 6.24. The van der Waals surface area contributed by atoms with Gasteiger partial charge in [-0.05, 0) is 35.1 Å². The molecule has 27 heavy (non-hydrogen) atoms. The van der Waals surface area contributed by atoms with Gasteiger partial charge in [0, 0.05) is 16.7 Å². The minimum absolute atomic E-state index is 0.00611. The molecule has 0 saturated carbocycles. The number of hydrogen-bond donors (Lipinski definition) is 6. The van der Waals surface area contributed by atoms with Crippen molar-refractivity contribution < 1.29 is 0 Å². The number of hydrogen-bond acceptors (Lipinski definition) is 3. The number of nitrogen functional groups attached to an aromatic ring is 2. The van der Waals surface area contributed by atoms with Crippen LogP contribution in [0.4, 0.5) is 0 Å². The lowest BCUT2D eigenvalue weighted by Crippen LogP contribution is -2.17. The summed E-state index contributed by atoms with van der Waals surface area (Å²) in [5.41, 5.74) is 22.6. The largest absolute Gasteiger partial charge is 0.384 e. The third-order valence-corrected chi connectivity index (χ3v) is 4.46. The smallest absolute Gasteiger partial charge is 0.123 e. The van der Waals surface area contributed by atoms with Gasteiger partial charge in [0.1, 0.15) is 17.5 Å². The molecule has 0 aromatic heterocycles. The molecule has 0 spiro atoms. The molecule has 3 rings (SSSR count). The number of nitrogens with two attached hydrogens (primary N) is 3. The Morgan fingerprint density at radius 2 is 1.15 bits per heavy atom. The van der Waals surface area contributed by atoms with Gasteiger partial charge in [-0.15, -0.1) is 0 Å². The first-order valence-corrected chi connectivity index (χ1v) is 8.40. The molecule has 9 N–H and O–H groups in total. The van der Waals surface area contributed by atoms with Crippen LogP contribution in [0.3, 0.4) is 0 Å². The Morgan fingerprint density at radius 3 is 1.59 bits per heavy atom. The zero-order valence-electron chi connectivity index (χ0n) is 14.7. The molecule has 6 heteroatoms. The van der Waals surface area contributed by atoms with Gasteiger partial charge in [-0.25, -0.2) is 0 Å². The van der Waals surface area contributed by atoms with Crippen LogP contribution in [0.25, 0.3) is 11.1 Å². The van der Waals surface area contributed by atoms with Crippen molar-refractivity contribution in [1.82, 2.24) is 0 Å². The van der Waals surface area contributed by atoms with E-state index in [1.807, 2.05) is 30.3 Å². The number of benzene rings is 2. The van der Waals surface area contributed by atoms with E-state index in [9.17, 15) is 0 Å². The number of allylic oxidation sites excluding steroid dienone is 2. The van der Waals surface area contributed by atoms with Crippen LogP contribution in [0.5, 0.6) is 0 Å². The van der Waals surface area contributed by atoms with Crippen molar-refractivity contribution >= 4 is 28.7 Å². The highest BCUT2D eigenvalue weighted by Gasteiger charge is 2.21. The van der Waals surface area contributed by atoms with Crippen LogP contribution >= 0.6 is 0 Å². The number of rotatable bonds is 5. The molecular weight excluding hydrogens is 336 g/mol. The van der Waals surface area contributed by atoms with Crippen molar-refractivity contribution in [3.8, 4) is 0 Å². The van der Waals surface area contributed by atoms with Gasteiger partial charge in [0.2, 0.25) is 0 Å². The monoisotopic (exact) mass is 357 g/mol. The van der Waals surface area contributed by atoms with Gasteiger partial charge in [0.15, 0.2) is 0 Å². The van der Waals surface area contributed by atoms with E-state index < -0.39 is 0 Å². The molecule has 0 saturated heterocycles. The summed E-state index contributed by atoms with van der Waals surface area (Å²) in [6, 6.07) is 14.8. The average Bonchev–Trinajstić information content (AvgIpc) is 2.67. The quantitative estimate of drug-likeness (QED) is 0.360. The van der Waals surface area contributed by atoms with Crippen molar-refractivity contribution in [2.75, 3.05) is 0 Å². The fraction of sp³-hybridized carbons (Fsp3) is 0.0476. The Morgan fingerprint density at radius 1 is 0.667 bits per heavy atom. The summed E-state index contributed by atoms with van der Waals surface area (Å²) in [6.07, 6.45) is 4.70. The Hall–Kier alpha value is -3.67. The lowest BCUT2D eigenvalue weighted by atomic mass is 9.82. The lowest BCUT2D eigenvalue weighted by molar-refractivity contribution is 1.25. The van der Waals surface area contributed by atoms with Crippen molar-refractivity contribution in [3.05, 3.63) is 88.9 Å². The first-order chi connectivity index (χ1) is 12.9. The van der Waals surface area contributed by atoms with Crippen LogP contribution < -0.4 is 17.2 Å². The fourth-order valence-corrected chi connectivity index (χ4v) is 3.11. The summed E-state index contributed by atoms with van der Waals surface area (Å²) >= 11 is 0. The molecule has 0 atom stereocenters. The first-order valence-electron chi connectivity index (χ1n) is 8.40. The van der Waals surface area contributed by atoms with E-state index in [2.05, 4.69) is 6.42 Å². The van der Waals surface area contributed by atoms with Crippen LogP contribution in [-0.4, -0.2) is 17.5 Å². The fourth-order valence-electron chi connectivity index (χ4n) is 3.11. The zero-order chi connectivity index (χ0) is 19.6. The van der Waals surface area contributed by atoms with Crippen LogP contribution in [0.15, 0.2) is 60.2 Å². The molecule has 1 aliphatic carbocycles. The van der Waals surface area contributed by atoms with Crippen molar-refractivity contribution in [2.45, 2.75) is 6.42 Å². The Balaban J connectivity index is 2.16. The Kier molecular flexibility index (Phi) is 4.90. The Labute approximate surface area is 157 Å². The first kappa shape index (κ1) is 18.1. The molecule has 0 unspecified atom stereocenters. The van der Waals surface area contributed by atoms with Gasteiger partial charge in [-0.1, -0.05) is 54.6 Å². The summed E-state index contributed by atoms with van der Waals surface area (Å²) in [7, 11) is 0. The van der Waals surface area contributed by atoms with E-state index in [1.165, 1.54) is 0 Å². The van der Waals surface area contributed by atoms with Crippen molar-refractivity contribution in [3.63, 3.8) is 0 Å². The molecule has 135 valence electrons. The predicted molar refractivity (Wildman–Crippen MR) is 111 cm³/mol. The lowest BCUT2D eigenvalue weighted by Gasteiger charge is -2.22. The third kappa shape index (κ3) is 3.64. The molecule has 0 amide bonds. The predicted octanol–water partition coefficient (Wildman–Crippen LogP) is 2.64. The van der Waals surface area contributed by atoms with Crippen molar-refractivity contribution in [2.24, 2.45) is 17.2 Å². The van der Waals surface area contributed by atoms with Gasteiger partial charge in [0.25, 0.3) is 0 Å². The second-order valence-electron chi connectivity index (χ2n) is 6.24. The standard InChI is InChI=1S/C21H21N6/c22-19(23)14-8-4-12(5-9-14)16-2-1-3-17(21(26)27)18(16)13-6-10-15(11-7-13)20(24)25/h2-11H,1H2,(H3,22,23)(H3,24,25)(H3,26,27). The maximum atomic E-state index is 7.98. The highest BCUT2D eigenvalue weighted by Crippen LogP contribution is 2.38. The van der Waals surface area contributed by atoms with Gasteiger partial charge in [0.05, 0.1) is 0 Å². The molecule has 0 heterocycles. The summed E-state index contributed by atoms with van der Waals surface area (Å²) < 4.78 is 0. The maximum Gasteiger partial charge on any atom is 0.123 e. The molecule has 0 bridgehead atoms. The van der Waals surface area contributed by atoms with Gasteiger partial charge >= 0.3 is 0 Å². The van der Waals surface area contributed by atoms with Crippen molar-refractivity contribution in [1.29, 1.82) is 16.2 Å². The highest BCUT2D eigenvalue weighted by atomic mass is 14.7. The average molecular weight is 357 g/mol. The molecule has 1 radical (unpaired) electrons. The zero-order valence-corrected chi connectivity index (χ0v) is 14.7. The van der Waals surface area contributed by atoms with Crippen LogP contribution in [0.1, 0.15) is 28.7 Å². The number of nitrogens with one attached hydrogen (secondary N) is 3. The SMILES string of the molecule is N=C(N)C1=CC[CH]C(c2ccc(C(=N)N)cc2)=C1c1ccc(C(=N)N)cc1. The Bertz CT molecular complexity index is 978. The summed E-state index contributed by atoms with van der Waals surface area (Å²) in [6.45, 7) is 0. The van der Waals surface area contributed by atoms with Gasteiger partial charge in [-0.2, -0.15) is 0 Å². The molecule has 2 aromatic rings. The summed E-state index contributed by atoms with van der Waals surface area (Å²) in [5, 5.41) is 23.1. The molecule has 1 aliphatic rings. The van der Waals surface area contributed by atoms with Gasteiger partial charge in [-0.3, -0.25) is 16.2 Å². The molecule has 0 fully saturated rings. The molecule has 6 nitrogen and oxygen atoms in total. The minimum atomic E-state index is 0.00611. The van der Waals surface area contributed by atoms with Crippen LogP contribution in [-0.2, 0) is 0 Å². The molecular formula is C21H21N6. The summed E-state index contributed by atoms with van der Waals surface area (Å²) in [5.74, 6) is 0.0345. The highest BCUT2D eigenvalue weighted by molar-refractivity contribution is 6.17. The van der Waals surface area contributed by atoms with E-state index in [0.717, 1.165) is 22.3 Å². The van der Waals surface area contributed by atoms with Crippen LogP contribution in [0.2, 0.25) is 0 Å². The van der Waals surface area contributed by atoms with Crippen LogP contribution in [0, 0.1) is 22.6 Å². The van der Waals surface area contributed by atoms with E-state index in [-0.39, 0.29) is 17.5 Å². The van der Waals surface area contributed by atoms with E-state index in [0.29, 0.717) is 23.1 Å². The molecule has 0 aliphatic heterocycles. The minimum Gasteiger partial charge on any atom is -0.384 e. The summed E-state index contributed by atoms with van der Waals surface area (Å²) in [4.78, 5) is 0. The maximum absolute atomic E-state index is 7.98. The normalized spacial score (nSPS) is 13.9. The number of amidine groups is 3.